The molecule has 3 heterocycles. The number of hydrogen-bond donors (Lipinski definition) is 0. The summed E-state index contributed by atoms with van der Waals surface area (Å²) < 4.78 is 7.24. The fourth-order valence-corrected chi connectivity index (χ4v) is 4.08. The van der Waals surface area contributed by atoms with Crippen molar-refractivity contribution in [1.29, 1.82) is 0 Å². The molecule has 1 unspecified atom stereocenters. The molecule has 0 saturated carbocycles. The fraction of sp³-hybridized carbons (Fsp3) is 0.550. The lowest BCUT2D eigenvalue weighted by Gasteiger charge is -2.38. The Morgan fingerprint density at radius 3 is 2.67 bits per heavy atom. The summed E-state index contributed by atoms with van der Waals surface area (Å²) >= 11 is 0. The Morgan fingerprint density at radius 2 is 1.85 bits per heavy atom. The first kappa shape index (κ1) is 18.1. The van der Waals surface area contributed by atoms with Crippen LogP contribution in [0.1, 0.15) is 36.0 Å². The first-order valence-corrected chi connectivity index (χ1v) is 9.88. The molecular weight excluding hydrogens is 342 g/mol. The highest BCUT2D eigenvalue weighted by molar-refractivity contribution is 5.98. The van der Waals surface area contributed by atoms with E-state index in [4.69, 9.17) is 4.74 Å². The number of morpholine rings is 1. The Balaban J connectivity index is 1.49. The Bertz CT molecular complexity index is 743. The monoisotopic (exact) mass is 369 g/mol. The number of amides is 1. The summed E-state index contributed by atoms with van der Waals surface area (Å²) in [5, 5.41) is 7.76. The van der Waals surface area contributed by atoms with Crippen LogP contribution in [0.2, 0.25) is 0 Å². The van der Waals surface area contributed by atoms with Crippen LogP contribution >= 0.6 is 0 Å². The van der Waals surface area contributed by atoms with Crippen LogP contribution in [0.15, 0.2) is 36.9 Å². The van der Waals surface area contributed by atoms with Crippen molar-refractivity contribution in [3.05, 3.63) is 42.5 Å². The van der Waals surface area contributed by atoms with E-state index >= 15 is 0 Å². The molecule has 1 atom stereocenters. The Morgan fingerprint density at radius 1 is 1.07 bits per heavy atom. The van der Waals surface area contributed by atoms with E-state index in [0.29, 0.717) is 6.04 Å². The topological polar surface area (TPSA) is 63.5 Å². The van der Waals surface area contributed by atoms with E-state index < -0.39 is 0 Å². The number of hydrogen-bond acceptors (Lipinski definition) is 5. The zero-order valence-electron chi connectivity index (χ0n) is 15.7. The van der Waals surface area contributed by atoms with Crippen molar-refractivity contribution in [2.45, 2.75) is 31.7 Å². The highest BCUT2D eigenvalue weighted by Gasteiger charge is 2.29. The van der Waals surface area contributed by atoms with E-state index in [1.807, 2.05) is 24.3 Å². The maximum Gasteiger partial charge on any atom is 0.256 e. The smallest absolute Gasteiger partial charge is 0.256 e. The van der Waals surface area contributed by atoms with E-state index in [0.717, 1.165) is 69.9 Å². The molecular formula is C20H27N5O2. The number of nitrogens with zero attached hydrogens (tertiary/aromatic N) is 5. The summed E-state index contributed by atoms with van der Waals surface area (Å²) in [6.07, 6.45) is 7.67. The lowest BCUT2D eigenvalue weighted by Crippen LogP contribution is -2.46. The van der Waals surface area contributed by atoms with Crippen molar-refractivity contribution in [3.63, 3.8) is 0 Å². The van der Waals surface area contributed by atoms with Gasteiger partial charge in [-0.1, -0.05) is 12.1 Å². The van der Waals surface area contributed by atoms with Crippen molar-refractivity contribution in [2.24, 2.45) is 0 Å². The van der Waals surface area contributed by atoms with Crippen molar-refractivity contribution < 1.29 is 9.53 Å². The third-order valence-corrected chi connectivity index (χ3v) is 5.60. The van der Waals surface area contributed by atoms with E-state index in [9.17, 15) is 4.79 Å². The molecule has 7 nitrogen and oxygen atoms in total. The molecule has 7 heteroatoms. The van der Waals surface area contributed by atoms with Gasteiger partial charge in [-0.2, -0.15) is 0 Å². The molecule has 0 spiro atoms. The molecule has 1 amide bonds. The average molecular weight is 369 g/mol. The van der Waals surface area contributed by atoms with Gasteiger partial charge in [-0.25, -0.2) is 0 Å². The Kier molecular flexibility index (Phi) is 5.79. The molecule has 0 bridgehead atoms. The van der Waals surface area contributed by atoms with Gasteiger partial charge in [0.25, 0.3) is 5.91 Å². The second-order valence-electron chi connectivity index (χ2n) is 7.28. The van der Waals surface area contributed by atoms with Crippen molar-refractivity contribution in [1.82, 2.24) is 24.6 Å². The molecule has 0 N–H and O–H groups in total. The van der Waals surface area contributed by atoms with E-state index in [2.05, 4.69) is 20.0 Å². The number of benzene rings is 1. The summed E-state index contributed by atoms with van der Waals surface area (Å²) in [7, 11) is 0. The van der Waals surface area contributed by atoms with Crippen LogP contribution in [0.4, 0.5) is 0 Å². The van der Waals surface area contributed by atoms with Crippen molar-refractivity contribution >= 4 is 5.91 Å². The van der Waals surface area contributed by atoms with Crippen LogP contribution in [0.3, 0.4) is 0 Å². The molecule has 4 rings (SSSR count). The van der Waals surface area contributed by atoms with Gasteiger partial charge in [0.1, 0.15) is 12.7 Å². The molecule has 0 aliphatic carbocycles. The quantitative estimate of drug-likeness (QED) is 0.806. The molecule has 27 heavy (non-hydrogen) atoms. The zero-order chi connectivity index (χ0) is 18.5. The normalized spacial score (nSPS) is 21.3. The van der Waals surface area contributed by atoms with Crippen molar-refractivity contribution in [3.8, 4) is 5.69 Å². The van der Waals surface area contributed by atoms with E-state index in [1.54, 1.807) is 17.2 Å². The largest absolute Gasteiger partial charge is 0.379 e. The average Bonchev–Trinajstić information content (AvgIpc) is 3.27. The highest BCUT2D eigenvalue weighted by Crippen LogP contribution is 2.25. The number of para-hydroxylation sites is 1. The number of carbonyl (C=O) groups excluding carboxylic acids is 1. The standard InChI is InChI=1S/C20H27N5O2/c26-20(18-6-1-2-7-19(18)24-15-21-22-16-24)25-9-4-3-5-17(25)8-10-23-11-13-27-14-12-23/h1-2,6-7,15-17H,3-5,8-14H2. The predicted octanol–water partition coefficient (Wildman–Crippen LogP) is 1.98. The molecule has 2 aliphatic heterocycles. The second-order valence-corrected chi connectivity index (χ2v) is 7.28. The van der Waals surface area contributed by atoms with Gasteiger partial charge >= 0.3 is 0 Å². The van der Waals surface area contributed by atoms with Crippen LogP contribution in [0, 0.1) is 0 Å². The summed E-state index contributed by atoms with van der Waals surface area (Å²) in [5.41, 5.74) is 1.56. The highest BCUT2D eigenvalue weighted by atomic mass is 16.5. The number of ether oxygens (including phenoxy) is 1. The zero-order valence-corrected chi connectivity index (χ0v) is 15.7. The SMILES string of the molecule is O=C(c1ccccc1-n1cnnc1)N1CCCCC1CCN1CCOCC1. The van der Waals surface area contributed by atoms with Crippen LogP contribution in [-0.2, 0) is 4.74 Å². The first-order valence-electron chi connectivity index (χ1n) is 9.88. The fourth-order valence-electron chi connectivity index (χ4n) is 4.08. The van der Waals surface area contributed by atoms with Crippen LogP contribution in [0.25, 0.3) is 5.69 Å². The third kappa shape index (κ3) is 4.20. The number of likely N-dealkylation sites (tertiary alicyclic amines) is 1. The van der Waals surface area contributed by atoms with Gasteiger partial charge in [0, 0.05) is 32.2 Å². The summed E-state index contributed by atoms with van der Waals surface area (Å²) in [4.78, 5) is 18.0. The molecule has 2 fully saturated rings. The van der Waals surface area contributed by atoms with Crippen LogP contribution in [-0.4, -0.2) is 75.9 Å². The maximum absolute atomic E-state index is 13.4. The Labute approximate surface area is 159 Å². The minimum Gasteiger partial charge on any atom is -0.379 e. The predicted molar refractivity (Wildman–Crippen MR) is 102 cm³/mol. The number of rotatable bonds is 5. The molecule has 1 aromatic carbocycles. The lowest BCUT2D eigenvalue weighted by molar-refractivity contribution is 0.0295. The van der Waals surface area contributed by atoms with Gasteiger partial charge in [0.15, 0.2) is 0 Å². The molecule has 2 aliphatic rings. The molecule has 2 aromatic rings. The van der Waals surface area contributed by atoms with E-state index in [1.165, 1.54) is 6.42 Å². The third-order valence-electron chi connectivity index (χ3n) is 5.60. The molecule has 144 valence electrons. The number of carbonyl (C=O) groups is 1. The lowest BCUT2D eigenvalue weighted by atomic mass is 9.97. The molecule has 2 saturated heterocycles. The maximum atomic E-state index is 13.4. The molecule has 1 aromatic heterocycles. The van der Waals surface area contributed by atoms with Gasteiger partial charge in [-0.15, -0.1) is 10.2 Å². The second kappa shape index (κ2) is 8.63. The van der Waals surface area contributed by atoms with Crippen LogP contribution in [0.5, 0.6) is 0 Å². The first-order chi connectivity index (χ1) is 13.3. The minimum absolute atomic E-state index is 0.117. The van der Waals surface area contributed by atoms with Gasteiger partial charge < -0.3 is 9.64 Å². The van der Waals surface area contributed by atoms with Crippen LogP contribution < -0.4 is 0 Å². The number of aromatic nitrogens is 3. The van der Waals surface area contributed by atoms with Gasteiger partial charge in [0.05, 0.1) is 24.5 Å². The van der Waals surface area contributed by atoms with Gasteiger partial charge in [-0.05, 0) is 37.8 Å². The van der Waals surface area contributed by atoms with Gasteiger partial charge in [-0.3, -0.25) is 14.3 Å². The molecule has 0 radical (unpaired) electrons. The number of piperidine rings is 1. The van der Waals surface area contributed by atoms with E-state index in [-0.39, 0.29) is 5.91 Å². The van der Waals surface area contributed by atoms with Crippen molar-refractivity contribution in [2.75, 3.05) is 39.4 Å². The summed E-state index contributed by atoms with van der Waals surface area (Å²) in [5.74, 6) is 0.117. The minimum atomic E-state index is 0.117. The Hall–Kier alpha value is -2.25. The van der Waals surface area contributed by atoms with Gasteiger partial charge in [0.2, 0.25) is 0 Å². The summed E-state index contributed by atoms with van der Waals surface area (Å²) in [6, 6.07) is 8.03. The summed E-state index contributed by atoms with van der Waals surface area (Å²) in [6.45, 7) is 5.50.